The zero-order valence-corrected chi connectivity index (χ0v) is 17.0. The van der Waals surface area contributed by atoms with Crippen LogP contribution in [0.5, 0.6) is 0 Å². The Morgan fingerprint density at radius 3 is 2.52 bits per heavy atom. The molecule has 0 aliphatic carbocycles. The number of hydrogen-bond acceptors (Lipinski definition) is 4. The first-order chi connectivity index (χ1) is 12.0. The van der Waals surface area contributed by atoms with Gasteiger partial charge in [0.25, 0.3) is 10.0 Å². The zero-order valence-electron chi connectivity index (χ0n) is 13.2. The molecular weight excluding hydrogens is 467 g/mol. The number of halogens is 1. The van der Waals surface area contributed by atoms with E-state index < -0.39 is 10.0 Å². The van der Waals surface area contributed by atoms with E-state index in [4.69, 9.17) is 0 Å². The van der Waals surface area contributed by atoms with Crippen LogP contribution in [0.1, 0.15) is 5.56 Å². The third-order valence-corrected chi connectivity index (χ3v) is 7.41. The van der Waals surface area contributed by atoms with Gasteiger partial charge in [-0.15, -0.1) is 11.3 Å². The molecule has 0 N–H and O–H groups in total. The molecule has 0 saturated heterocycles. The predicted octanol–water partition coefficient (Wildman–Crippen LogP) is 4.91. The number of rotatable bonds is 3. The summed E-state index contributed by atoms with van der Waals surface area (Å²) in [5.41, 5.74) is 1.63. The van der Waals surface area contributed by atoms with Gasteiger partial charge in [-0.2, -0.15) is 17.6 Å². The van der Waals surface area contributed by atoms with Crippen molar-refractivity contribution >= 4 is 54.0 Å². The smallest absolute Gasteiger partial charge is 0.199 e. The summed E-state index contributed by atoms with van der Waals surface area (Å²) in [6.07, 6.45) is 1.59. The normalized spacial score (nSPS) is 11.9. The molecular formula is C18H13IN2O2S2. The van der Waals surface area contributed by atoms with Crippen molar-refractivity contribution in [1.82, 2.24) is 9.19 Å². The minimum Gasteiger partial charge on any atom is -0.199 e. The molecule has 25 heavy (non-hydrogen) atoms. The molecule has 0 fully saturated rings. The van der Waals surface area contributed by atoms with Crippen LogP contribution in [-0.4, -0.2) is 17.6 Å². The zero-order chi connectivity index (χ0) is 17.6. The van der Waals surface area contributed by atoms with Gasteiger partial charge in [0.2, 0.25) is 0 Å². The molecule has 4 aromatic rings. The van der Waals surface area contributed by atoms with E-state index >= 15 is 0 Å². The average Bonchev–Trinajstić information content (AvgIpc) is 3.18. The first kappa shape index (κ1) is 16.7. The lowest BCUT2D eigenvalue weighted by atomic mass is 10.2. The van der Waals surface area contributed by atoms with Crippen molar-refractivity contribution in [2.75, 3.05) is 0 Å². The third kappa shape index (κ3) is 2.90. The van der Waals surface area contributed by atoms with Crippen molar-refractivity contribution in [3.8, 4) is 10.6 Å². The average molecular weight is 480 g/mol. The van der Waals surface area contributed by atoms with Gasteiger partial charge in [-0.25, -0.2) is 0 Å². The Morgan fingerprint density at radius 1 is 1.08 bits per heavy atom. The number of nitrogens with zero attached hydrogens (tertiary/aromatic N) is 2. The Morgan fingerprint density at radius 2 is 1.80 bits per heavy atom. The lowest BCUT2D eigenvalue weighted by molar-refractivity contribution is 0.581. The SMILES string of the molecule is Cc1ccc(S(=O)(=O)n2ncc(I)c2-c2cc3ccccc3s2)cc1. The first-order valence-electron chi connectivity index (χ1n) is 7.51. The topological polar surface area (TPSA) is 52.0 Å². The van der Waals surface area contributed by atoms with Crippen LogP contribution in [0.3, 0.4) is 0 Å². The van der Waals surface area contributed by atoms with Crippen LogP contribution < -0.4 is 0 Å². The lowest BCUT2D eigenvalue weighted by Crippen LogP contribution is -2.15. The van der Waals surface area contributed by atoms with E-state index in [0.717, 1.165) is 28.2 Å². The molecule has 4 rings (SSSR count). The van der Waals surface area contributed by atoms with Crippen LogP contribution in [-0.2, 0) is 10.0 Å². The van der Waals surface area contributed by atoms with Gasteiger partial charge in [-0.3, -0.25) is 0 Å². The molecule has 2 heterocycles. The van der Waals surface area contributed by atoms with Crippen molar-refractivity contribution in [1.29, 1.82) is 0 Å². The van der Waals surface area contributed by atoms with E-state index in [1.165, 1.54) is 0 Å². The van der Waals surface area contributed by atoms with Gasteiger partial charge in [0.15, 0.2) is 0 Å². The van der Waals surface area contributed by atoms with Crippen LogP contribution >= 0.6 is 33.9 Å². The quantitative estimate of drug-likeness (QED) is 0.392. The van der Waals surface area contributed by atoms with Crippen molar-refractivity contribution in [3.05, 3.63) is 69.9 Å². The van der Waals surface area contributed by atoms with E-state index in [-0.39, 0.29) is 4.90 Å². The summed E-state index contributed by atoms with van der Waals surface area (Å²) in [6.45, 7) is 1.93. The summed E-state index contributed by atoms with van der Waals surface area (Å²) < 4.78 is 29.2. The fourth-order valence-electron chi connectivity index (χ4n) is 2.62. The number of hydrogen-bond donors (Lipinski definition) is 0. The summed E-state index contributed by atoms with van der Waals surface area (Å²) in [7, 11) is -3.74. The second kappa shape index (κ2) is 6.22. The van der Waals surface area contributed by atoms with Gasteiger partial charge in [-0.1, -0.05) is 35.9 Å². The fourth-order valence-corrected chi connectivity index (χ4v) is 6.06. The molecule has 0 unspecified atom stereocenters. The maximum absolute atomic E-state index is 13.1. The second-order valence-electron chi connectivity index (χ2n) is 5.65. The van der Waals surface area contributed by atoms with Crippen molar-refractivity contribution < 1.29 is 8.42 Å². The van der Waals surface area contributed by atoms with Gasteiger partial charge in [0, 0.05) is 4.70 Å². The fraction of sp³-hybridized carbons (Fsp3) is 0.0556. The third-order valence-electron chi connectivity index (χ3n) is 3.90. The lowest BCUT2D eigenvalue weighted by Gasteiger charge is -2.08. The molecule has 126 valence electrons. The predicted molar refractivity (Wildman–Crippen MR) is 110 cm³/mol. The summed E-state index contributed by atoms with van der Waals surface area (Å²) in [5, 5.41) is 5.26. The van der Waals surface area contributed by atoms with E-state index in [1.807, 2.05) is 37.3 Å². The van der Waals surface area contributed by atoms with Crippen molar-refractivity contribution in [3.63, 3.8) is 0 Å². The molecule has 0 saturated carbocycles. The number of aromatic nitrogens is 2. The molecule has 0 spiro atoms. The van der Waals surface area contributed by atoms with Crippen molar-refractivity contribution in [2.45, 2.75) is 11.8 Å². The van der Waals surface area contributed by atoms with Crippen LogP contribution in [0.15, 0.2) is 65.7 Å². The Hall–Kier alpha value is -1.71. The van der Waals surface area contributed by atoms with E-state index in [0.29, 0.717) is 5.69 Å². The Balaban J connectivity index is 1.91. The molecule has 2 aromatic carbocycles. The van der Waals surface area contributed by atoms with Crippen LogP contribution in [0, 0.1) is 10.5 Å². The van der Waals surface area contributed by atoms with Gasteiger partial charge in [0.1, 0.15) is 5.69 Å². The Kier molecular flexibility index (Phi) is 4.17. The number of benzene rings is 2. The van der Waals surface area contributed by atoms with Gasteiger partial charge < -0.3 is 0 Å². The van der Waals surface area contributed by atoms with E-state index in [1.54, 1.807) is 41.8 Å². The summed E-state index contributed by atoms with van der Waals surface area (Å²) in [5.74, 6) is 0. The number of thiophene rings is 1. The number of fused-ring (bicyclic) bond motifs is 1. The second-order valence-corrected chi connectivity index (χ2v) is 9.66. The minimum atomic E-state index is -3.74. The van der Waals surface area contributed by atoms with Gasteiger partial charge in [0.05, 0.1) is 19.5 Å². The number of aryl methyl sites for hydroxylation is 1. The van der Waals surface area contributed by atoms with Gasteiger partial charge >= 0.3 is 0 Å². The van der Waals surface area contributed by atoms with E-state index in [9.17, 15) is 8.42 Å². The summed E-state index contributed by atoms with van der Waals surface area (Å²) in [6, 6.07) is 16.9. The molecule has 0 amide bonds. The molecule has 0 aliphatic rings. The highest BCUT2D eigenvalue weighted by Crippen LogP contribution is 2.36. The molecule has 7 heteroatoms. The maximum atomic E-state index is 13.1. The summed E-state index contributed by atoms with van der Waals surface area (Å²) in [4.78, 5) is 1.12. The first-order valence-corrected chi connectivity index (χ1v) is 10.8. The molecule has 0 radical (unpaired) electrons. The minimum absolute atomic E-state index is 0.236. The van der Waals surface area contributed by atoms with Crippen LogP contribution in [0.2, 0.25) is 0 Å². The highest BCUT2D eigenvalue weighted by atomic mass is 127. The monoisotopic (exact) mass is 480 g/mol. The summed E-state index contributed by atoms with van der Waals surface area (Å²) >= 11 is 3.70. The molecule has 0 bridgehead atoms. The highest BCUT2D eigenvalue weighted by molar-refractivity contribution is 14.1. The van der Waals surface area contributed by atoms with Crippen molar-refractivity contribution in [2.24, 2.45) is 0 Å². The highest BCUT2D eigenvalue weighted by Gasteiger charge is 2.25. The largest absolute Gasteiger partial charge is 0.283 e. The van der Waals surface area contributed by atoms with E-state index in [2.05, 4.69) is 27.7 Å². The Labute approximate surface area is 163 Å². The Bertz CT molecular complexity index is 1140. The van der Waals surface area contributed by atoms with Crippen LogP contribution in [0.25, 0.3) is 20.7 Å². The molecule has 2 aromatic heterocycles. The molecule has 0 aliphatic heterocycles. The standard InChI is InChI=1S/C18H13IN2O2S2/c1-12-6-8-14(9-7-12)25(22,23)21-18(15(19)11-20-21)17-10-13-4-2-3-5-16(13)24-17/h2-11H,1H3. The van der Waals surface area contributed by atoms with Crippen LogP contribution in [0.4, 0.5) is 0 Å². The molecule has 4 nitrogen and oxygen atoms in total. The maximum Gasteiger partial charge on any atom is 0.283 e. The molecule has 0 atom stereocenters. The van der Waals surface area contributed by atoms with Gasteiger partial charge in [-0.05, 0) is 59.2 Å².